The number of carbonyl (C=O) groups excluding carboxylic acids is 1. The van der Waals surface area contributed by atoms with Gasteiger partial charge in [0.1, 0.15) is 0 Å². The second kappa shape index (κ2) is 7.41. The molecular formula is C22H31N5O3. The minimum absolute atomic E-state index is 0.0385. The number of carboxylic acid groups (broad SMARTS) is 1. The van der Waals surface area contributed by atoms with Gasteiger partial charge in [-0.1, -0.05) is 0 Å². The molecule has 3 heterocycles. The third kappa shape index (κ3) is 3.55. The third-order valence-corrected chi connectivity index (χ3v) is 6.13. The second-order valence-electron chi connectivity index (χ2n) is 9.23. The maximum Gasteiger partial charge on any atom is 0.407 e. The summed E-state index contributed by atoms with van der Waals surface area (Å²) < 4.78 is 0. The lowest BCUT2D eigenvalue weighted by Gasteiger charge is -2.44. The molecular weight excluding hydrogens is 382 g/mol. The molecule has 1 aromatic carbocycles. The van der Waals surface area contributed by atoms with Crippen LogP contribution in [0.25, 0.3) is 0 Å². The number of hydrogen-bond donors (Lipinski definition) is 1. The van der Waals surface area contributed by atoms with E-state index in [0.29, 0.717) is 19.6 Å². The predicted octanol–water partition coefficient (Wildman–Crippen LogP) is 3.42. The van der Waals surface area contributed by atoms with Crippen LogP contribution in [0.3, 0.4) is 0 Å². The topological polar surface area (TPSA) is 70.6 Å². The smallest absolute Gasteiger partial charge is 0.407 e. The monoisotopic (exact) mass is 413 g/mol. The van der Waals surface area contributed by atoms with Crippen molar-refractivity contribution in [1.82, 2.24) is 14.8 Å². The molecule has 1 saturated heterocycles. The van der Waals surface area contributed by atoms with Crippen LogP contribution < -0.4 is 9.91 Å². The molecule has 1 fully saturated rings. The summed E-state index contributed by atoms with van der Waals surface area (Å²) in [5.74, 6) is 0. The van der Waals surface area contributed by atoms with E-state index in [0.717, 1.165) is 37.3 Å². The van der Waals surface area contributed by atoms with Gasteiger partial charge in [-0.3, -0.25) is 14.9 Å². The molecule has 0 saturated carbocycles. The summed E-state index contributed by atoms with van der Waals surface area (Å²) in [6.07, 6.45) is 0.646. The first-order chi connectivity index (χ1) is 14.2. The largest absolute Gasteiger partial charge is 0.465 e. The second-order valence-corrected chi connectivity index (χ2v) is 9.23. The van der Waals surface area contributed by atoms with Gasteiger partial charge in [0.05, 0.1) is 17.8 Å². The van der Waals surface area contributed by atoms with Gasteiger partial charge in [-0.25, -0.2) is 9.59 Å². The molecule has 0 aliphatic carbocycles. The Morgan fingerprint density at radius 3 is 2.17 bits per heavy atom. The van der Waals surface area contributed by atoms with E-state index in [1.54, 1.807) is 4.90 Å². The fourth-order valence-electron chi connectivity index (χ4n) is 4.62. The van der Waals surface area contributed by atoms with Crippen molar-refractivity contribution >= 4 is 23.5 Å². The fourth-order valence-corrected chi connectivity index (χ4v) is 4.62. The molecule has 0 aromatic heterocycles. The number of carbonyl (C=O) groups is 2. The van der Waals surface area contributed by atoms with E-state index < -0.39 is 6.09 Å². The maximum atomic E-state index is 12.3. The van der Waals surface area contributed by atoms with Crippen LogP contribution in [0.2, 0.25) is 0 Å². The van der Waals surface area contributed by atoms with Crippen molar-refractivity contribution in [2.45, 2.75) is 39.2 Å². The Labute approximate surface area is 177 Å². The van der Waals surface area contributed by atoms with Crippen molar-refractivity contribution in [2.24, 2.45) is 0 Å². The van der Waals surface area contributed by atoms with E-state index in [4.69, 9.17) is 0 Å². The van der Waals surface area contributed by atoms with Gasteiger partial charge in [0, 0.05) is 51.0 Å². The number of rotatable bonds is 2. The Morgan fingerprint density at radius 2 is 1.60 bits per heavy atom. The summed E-state index contributed by atoms with van der Waals surface area (Å²) in [7, 11) is 1.83. The summed E-state index contributed by atoms with van der Waals surface area (Å²) in [5, 5.41) is 14.0. The van der Waals surface area contributed by atoms with E-state index in [-0.39, 0.29) is 11.6 Å². The quantitative estimate of drug-likeness (QED) is 0.805. The first-order valence-electron chi connectivity index (χ1n) is 10.6. The van der Waals surface area contributed by atoms with E-state index >= 15 is 0 Å². The Balaban J connectivity index is 1.57. The van der Waals surface area contributed by atoms with Gasteiger partial charge in [-0.05, 0) is 57.0 Å². The Bertz CT molecular complexity index is 874. The molecule has 3 aliphatic rings. The summed E-state index contributed by atoms with van der Waals surface area (Å²) in [5.41, 5.74) is 4.42. The molecule has 30 heavy (non-hydrogen) atoms. The van der Waals surface area contributed by atoms with Crippen molar-refractivity contribution in [1.29, 1.82) is 0 Å². The summed E-state index contributed by atoms with van der Waals surface area (Å²) >= 11 is 0. The van der Waals surface area contributed by atoms with Crippen LogP contribution in [-0.4, -0.2) is 77.3 Å². The van der Waals surface area contributed by atoms with Crippen LogP contribution in [-0.2, 0) is 0 Å². The lowest BCUT2D eigenvalue weighted by Crippen LogP contribution is -2.50. The van der Waals surface area contributed by atoms with Crippen LogP contribution in [0.1, 0.15) is 33.6 Å². The Kier molecular flexibility index (Phi) is 5.03. The fraction of sp³-hybridized carbons (Fsp3) is 0.545. The molecule has 0 unspecified atom stereocenters. The number of hydrazine groups is 1. The number of amides is 3. The van der Waals surface area contributed by atoms with Crippen molar-refractivity contribution in [2.75, 3.05) is 49.7 Å². The van der Waals surface area contributed by atoms with Crippen LogP contribution in [0.5, 0.6) is 0 Å². The van der Waals surface area contributed by atoms with Crippen LogP contribution in [0, 0.1) is 0 Å². The zero-order valence-electron chi connectivity index (χ0n) is 18.3. The SMILES string of the molecule is CN1CCN(c2ccc(N3CC4=C(CCN(C(=O)O)CC4)N3C(C)(C)C)cc2)C1=O. The number of nitrogens with zero attached hydrogens (tertiary/aromatic N) is 5. The van der Waals surface area contributed by atoms with Gasteiger partial charge in [0.15, 0.2) is 0 Å². The van der Waals surface area contributed by atoms with Gasteiger partial charge < -0.3 is 14.9 Å². The standard InChI is InChI=1S/C22H31N5O3/c1-22(2,3)27-19-10-12-24(21(29)30)11-9-16(19)15-26(27)18-7-5-17(6-8-18)25-14-13-23(4)20(25)28/h5-8H,9-15H2,1-4H3,(H,29,30). The molecule has 8 nitrogen and oxygen atoms in total. The number of hydrogen-bond acceptors (Lipinski definition) is 4. The van der Waals surface area contributed by atoms with Crippen molar-refractivity contribution < 1.29 is 14.7 Å². The van der Waals surface area contributed by atoms with Crippen LogP contribution >= 0.6 is 0 Å². The summed E-state index contributed by atoms with van der Waals surface area (Å²) in [6, 6.07) is 8.23. The average molecular weight is 414 g/mol. The molecule has 8 heteroatoms. The molecule has 0 bridgehead atoms. The highest BCUT2D eigenvalue weighted by atomic mass is 16.4. The zero-order valence-corrected chi connectivity index (χ0v) is 18.3. The third-order valence-electron chi connectivity index (χ3n) is 6.13. The highest BCUT2D eigenvalue weighted by Crippen LogP contribution is 2.39. The van der Waals surface area contributed by atoms with Crippen molar-refractivity contribution in [3.63, 3.8) is 0 Å². The molecule has 4 rings (SSSR count). The lowest BCUT2D eigenvalue weighted by atomic mass is 10.1. The van der Waals surface area contributed by atoms with Gasteiger partial charge in [-0.2, -0.15) is 0 Å². The highest BCUT2D eigenvalue weighted by Gasteiger charge is 2.38. The van der Waals surface area contributed by atoms with Crippen LogP contribution in [0.4, 0.5) is 21.0 Å². The molecule has 1 aromatic rings. The molecule has 0 spiro atoms. The molecule has 3 amide bonds. The normalized spacial score (nSPS) is 20.3. The van der Waals surface area contributed by atoms with E-state index in [2.05, 4.69) is 42.9 Å². The van der Waals surface area contributed by atoms with Gasteiger partial charge in [-0.15, -0.1) is 0 Å². The molecule has 1 N–H and O–H groups in total. The minimum Gasteiger partial charge on any atom is -0.465 e. The zero-order chi connectivity index (χ0) is 21.6. The maximum absolute atomic E-state index is 12.3. The van der Waals surface area contributed by atoms with E-state index in [1.807, 2.05) is 24.1 Å². The molecule has 162 valence electrons. The summed E-state index contributed by atoms with van der Waals surface area (Å²) in [4.78, 5) is 28.8. The summed E-state index contributed by atoms with van der Waals surface area (Å²) in [6.45, 7) is 9.85. The van der Waals surface area contributed by atoms with Gasteiger partial charge >= 0.3 is 12.1 Å². The first-order valence-corrected chi connectivity index (χ1v) is 10.6. The van der Waals surface area contributed by atoms with Gasteiger partial charge in [0.2, 0.25) is 0 Å². The molecule has 0 atom stereocenters. The van der Waals surface area contributed by atoms with Crippen LogP contribution in [0.15, 0.2) is 35.5 Å². The van der Waals surface area contributed by atoms with E-state index in [1.165, 1.54) is 16.2 Å². The van der Waals surface area contributed by atoms with E-state index in [9.17, 15) is 14.7 Å². The van der Waals surface area contributed by atoms with Gasteiger partial charge in [0.25, 0.3) is 0 Å². The number of urea groups is 1. The molecule has 3 aliphatic heterocycles. The first kappa shape index (κ1) is 20.4. The average Bonchev–Trinajstić information content (AvgIpc) is 3.15. The lowest BCUT2D eigenvalue weighted by molar-refractivity contribution is 0.142. The highest BCUT2D eigenvalue weighted by molar-refractivity contribution is 5.94. The molecule has 0 radical (unpaired) electrons. The van der Waals surface area contributed by atoms with Crippen molar-refractivity contribution in [3.05, 3.63) is 35.5 Å². The van der Waals surface area contributed by atoms with Crippen molar-refractivity contribution in [3.8, 4) is 0 Å². The predicted molar refractivity (Wildman–Crippen MR) is 117 cm³/mol. The Hall–Kier alpha value is -2.90. The number of anilines is 2. The minimum atomic E-state index is -0.840. The number of likely N-dealkylation sites (N-methyl/N-ethyl adjacent to an activating group) is 1. The number of benzene rings is 1. The Morgan fingerprint density at radius 1 is 0.967 bits per heavy atom.